The maximum Gasteiger partial charge on any atom is 0.358 e. The Morgan fingerprint density at radius 3 is 2.65 bits per heavy atom. The lowest BCUT2D eigenvalue weighted by Crippen LogP contribution is -2.34. The van der Waals surface area contributed by atoms with E-state index < -0.39 is 45.4 Å². The van der Waals surface area contributed by atoms with E-state index >= 15 is 4.39 Å². The van der Waals surface area contributed by atoms with Crippen molar-refractivity contribution >= 4 is 27.3 Å². The van der Waals surface area contributed by atoms with Gasteiger partial charge in [0.25, 0.3) is 5.92 Å². The third kappa shape index (κ3) is 6.92. The summed E-state index contributed by atoms with van der Waals surface area (Å²) in [5.41, 5.74) is 3.43. The van der Waals surface area contributed by atoms with Crippen LogP contribution in [-0.2, 0) is 27.7 Å². The molecule has 0 unspecified atom stereocenters. The molecule has 240 valence electrons. The number of hydrogen-bond donors (Lipinski definition) is 1. The van der Waals surface area contributed by atoms with E-state index in [2.05, 4.69) is 16.8 Å². The van der Waals surface area contributed by atoms with E-state index in [-0.39, 0.29) is 36.6 Å². The predicted octanol–water partition coefficient (Wildman–Crippen LogP) is 6.95. The van der Waals surface area contributed by atoms with Crippen LogP contribution in [0.15, 0.2) is 53.4 Å². The maximum absolute atomic E-state index is 15.0. The highest BCUT2D eigenvalue weighted by atomic mass is 32.2. The first kappa shape index (κ1) is 28.3. The maximum atomic E-state index is 15.0. The molecule has 6 rings (SSSR count). The van der Waals surface area contributed by atoms with Gasteiger partial charge in [-0.05, 0) is 80.4 Å². The molecule has 2 aliphatic carbocycles. The zero-order valence-electron chi connectivity index (χ0n) is 27.8. The summed E-state index contributed by atoms with van der Waals surface area (Å²) in [5, 5.41) is 5.48. The summed E-state index contributed by atoms with van der Waals surface area (Å²) in [6, 6.07) is 12.7. The molecular weight excluding hydrogens is 636 g/mol. The number of rotatable bonds is 9. The van der Waals surface area contributed by atoms with Gasteiger partial charge in [0, 0.05) is 56.8 Å². The van der Waals surface area contributed by atoms with E-state index in [4.69, 9.17) is 14.0 Å². The van der Waals surface area contributed by atoms with E-state index in [1.807, 2.05) is 22.8 Å². The monoisotopic (exact) mass is 670 g/mol. The molecule has 4 aromatic rings. The van der Waals surface area contributed by atoms with Crippen LogP contribution >= 0.6 is 11.3 Å². The summed E-state index contributed by atoms with van der Waals surface area (Å²) in [4.78, 5) is 16.5. The molecule has 0 spiro atoms. The Kier molecular flexibility index (Phi) is 7.61. The number of aromatic nitrogens is 2. The first-order chi connectivity index (χ1) is 23.0. The smallest absolute Gasteiger partial charge is 0.358 e. The molecule has 2 fully saturated rings. The van der Waals surface area contributed by atoms with Crippen molar-refractivity contribution in [1.29, 1.82) is 0 Å². The van der Waals surface area contributed by atoms with Gasteiger partial charge in [-0.25, -0.2) is 36.5 Å². The number of thiazole rings is 1. The van der Waals surface area contributed by atoms with Crippen LogP contribution in [0.5, 0.6) is 0 Å². The van der Waals surface area contributed by atoms with Gasteiger partial charge in [0.1, 0.15) is 15.7 Å². The Morgan fingerprint density at radius 2 is 2.00 bits per heavy atom. The zero-order chi connectivity index (χ0) is 35.3. The molecule has 0 aliphatic heterocycles. The van der Waals surface area contributed by atoms with E-state index in [0.717, 1.165) is 42.0 Å². The molecular formula is C34H32F3N3O4S2. The van der Waals surface area contributed by atoms with Gasteiger partial charge >= 0.3 is 5.97 Å². The van der Waals surface area contributed by atoms with Gasteiger partial charge in [-0.15, -0.1) is 11.3 Å². The second-order valence-electron chi connectivity index (χ2n) is 11.7. The molecule has 0 saturated heterocycles. The molecule has 2 N–H and O–H groups in total. The second kappa shape index (κ2) is 12.4. The second-order valence-corrected chi connectivity index (χ2v) is 14.2. The SMILES string of the molecule is [2H]C([2H])([2H])c1sc(-c2cc(-c3cccc(C#CC4CC(F)(F)C4)c3)n(Cc3ccc(S(N)(=O)=O)c(F)c3)c2CC2CC2)nc1C(=O)OCC. The van der Waals surface area contributed by atoms with Crippen molar-refractivity contribution in [2.75, 3.05) is 6.61 Å². The Labute approximate surface area is 273 Å². The highest BCUT2D eigenvalue weighted by Crippen LogP contribution is 2.43. The number of alkyl halides is 2. The van der Waals surface area contributed by atoms with Crippen LogP contribution < -0.4 is 5.14 Å². The van der Waals surface area contributed by atoms with E-state index in [1.165, 1.54) is 6.07 Å². The van der Waals surface area contributed by atoms with E-state index in [9.17, 15) is 22.0 Å². The third-order valence-corrected chi connectivity index (χ3v) is 9.87. The molecule has 7 nitrogen and oxygen atoms in total. The molecule has 0 radical (unpaired) electrons. The Balaban J connectivity index is 1.51. The minimum atomic E-state index is -4.29. The van der Waals surface area contributed by atoms with Crippen molar-refractivity contribution in [3.63, 3.8) is 0 Å². The van der Waals surface area contributed by atoms with Crippen molar-refractivity contribution in [1.82, 2.24) is 9.55 Å². The average Bonchev–Trinajstić information content (AvgIpc) is 3.58. The largest absolute Gasteiger partial charge is 0.461 e. The lowest BCUT2D eigenvalue weighted by Gasteiger charge is -2.31. The molecule has 2 aliphatic rings. The number of carbonyl (C=O) groups excluding carboxylic acids is 1. The van der Waals surface area contributed by atoms with E-state index in [1.54, 1.807) is 19.1 Å². The molecule has 0 amide bonds. The highest BCUT2D eigenvalue weighted by Gasteiger charge is 2.44. The fraction of sp³-hybridized carbons (Fsp3) is 0.353. The molecule has 2 heterocycles. The van der Waals surface area contributed by atoms with E-state index in [0.29, 0.717) is 45.3 Å². The zero-order valence-corrected chi connectivity index (χ0v) is 26.4. The number of benzene rings is 2. The standard InChI is InChI=1S/C34H32F3N3O4S2/c1-3-44-33(41)31-20(2)45-32(39-31)26-16-28(25-6-4-5-21(13-25)9-10-24-17-34(36,37)18-24)40(29(26)15-22-7-8-22)19-23-11-12-30(27(35)14-23)46(38,42)43/h4-6,11-14,16,22,24H,3,7-8,15,17-19H2,1-2H3,(H2,38,42,43)/i2D3. The summed E-state index contributed by atoms with van der Waals surface area (Å²) >= 11 is 0.877. The van der Waals surface area contributed by atoms with Gasteiger partial charge in [0.05, 0.1) is 6.61 Å². The number of nitrogens with two attached hydrogens (primary N) is 1. The van der Waals surface area contributed by atoms with Gasteiger partial charge in [0.15, 0.2) is 5.69 Å². The van der Waals surface area contributed by atoms with Crippen LogP contribution in [0.4, 0.5) is 13.2 Å². The third-order valence-electron chi connectivity index (χ3n) is 8.03. The lowest BCUT2D eigenvalue weighted by molar-refractivity contribution is -0.0936. The molecule has 2 aromatic heterocycles. The minimum absolute atomic E-state index is 0.0306. The van der Waals surface area contributed by atoms with Gasteiger partial charge in [0.2, 0.25) is 10.0 Å². The van der Waals surface area contributed by atoms with Crippen LogP contribution in [0.3, 0.4) is 0 Å². The number of esters is 1. The topological polar surface area (TPSA) is 104 Å². The normalized spacial score (nSPS) is 17.3. The quantitative estimate of drug-likeness (QED) is 0.153. The predicted molar refractivity (Wildman–Crippen MR) is 170 cm³/mol. The van der Waals surface area contributed by atoms with Crippen molar-refractivity contribution in [2.24, 2.45) is 17.0 Å². The number of hydrogen-bond acceptors (Lipinski definition) is 6. The summed E-state index contributed by atoms with van der Waals surface area (Å²) in [5.74, 6) is 1.31. The molecule has 0 bridgehead atoms. The Hall–Kier alpha value is -3.92. The van der Waals surface area contributed by atoms with Crippen molar-refractivity contribution in [3.05, 3.63) is 81.7 Å². The summed E-state index contributed by atoms with van der Waals surface area (Å²) in [6.45, 7) is -0.907. The number of ether oxygens (including phenoxy) is 1. The minimum Gasteiger partial charge on any atom is -0.461 e. The molecule has 12 heteroatoms. The fourth-order valence-corrected chi connectivity index (χ4v) is 6.97. The highest BCUT2D eigenvalue weighted by molar-refractivity contribution is 7.89. The van der Waals surface area contributed by atoms with Crippen molar-refractivity contribution < 1.29 is 35.2 Å². The number of aryl methyl sites for hydroxylation is 1. The van der Waals surface area contributed by atoms with Crippen LogP contribution in [0, 0.1) is 36.3 Å². The molecule has 2 saturated carbocycles. The van der Waals surface area contributed by atoms with Crippen LogP contribution in [0.2, 0.25) is 0 Å². The number of primary sulfonamides is 1. The number of sulfonamides is 1. The summed E-state index contributed by atoms with van der Waals surface area (Å²) in [7, 11) is -4.29. The fourth-order valence-electron chi connectivity index (χ4n) is 5.54. The average molecular weight is 671 g/mol. The number of carbonyl (C=O) groups is 1. The lowest BCUT2D eigenvalue weighted by atomic mass is 9.82. The van der Waals surface area contributed by atoms with Gasteiger partial charge in [-0.3, -0.25) is 0 Å². The van der Waals surface area contributed by atoms with Gasteiger partial charge in [-0.1, -0.05) is 30.0 Å². The van der Waals surface area contributed by atoms with Crippen LogP contribution in [-0.4, -0.2) is 36.5 Å². The van der Waals surface area contributed by atoms with Crippen LogP contribution in [0.25, 0.3) is 21.8 Å². The van der Waals surface area contributed by atoms with Gasteiger partial charge < -0.3 is 9.30 Å². The molecule has 0 atom stereocenters. The Morgan fingerprint density at radius 1 is 1.22 bits per heavy atom. The number of nitrogens with zero attached hydrogens (tertiary/aromatic N) is 2. The molecule has 46 heavy (non-hydrogen) atoms. The Bertz CT molecular complexity index is 2110. The first-order valence-electron chi connectivity index (χ1n) is 16.2. The number of halogens is 3. The van der Waals surface area contributed by atoms with Crippen molar-refractivity contribution in [3.8, 4) is 33.7 Å². The summed E-state index contributed by atoms with van der Waals surface area (Å²) in [6.07, 6.45) is 1.94. The van der Waals surface area contributed by atoms with Crippen LogP contribution in [0.1, 0.15) is 68.9 Å². The first-order valence-corrected chi connectivity index (χ1v) is 17.1. The molecule has 2 aromatic carbocycles. The van der Waals surface area contributed by atoms with Crippen molar-refractivity contribution in [2.45, 2.75) is 63.2 Å². The van der Waals surface area contributed by atoms with Gasteiger partial charge in [-0.2, -0.15) is 0 Å². The summed E-state index contributed by atoms with van der Waals surface area (Å²) < 4.78 is 96.9.